The zero-order chi connectivity index (χ0) is 12.6. The number of amides is 1. The Morgan fingerprint density at radius 3 is 2.89 bits per heavy atom. The van der Waals surface area contributed by atoms with Crippen molar-refractivity contribution in [2.45, 2.75) is 0 Å². The summed E-state index contributed by atoms with van der Waals surface area (Å²) in [7, 11) is 0. The normalized spacial score (nSPS) is 17.4. The Hall–Kier alpha value is -1.43. The van der Waals surface area contributed by atoms with Gasteiger partial charge in [0.25, 0.3) is 0 Å². The minimum atomic E-state index is -0.539. The van der Waals surface area contributed by atoms with E-state index >= 15 is 0 Å². The number of fused-ring (bicyclic) bond motifs is 1. The fraction of sp³-hybridized carbons (Fsp3) is 0.308. The summed E-state index contributed by atoms with van der Waals surface area (Å²) in [6.45, 7) is 1.15. The van der Waals surface area contributed by atoms with Gasteiger partial charge in [-0.25, -0.2) is 0 Å². The summed E-state index contributed by atoms with van der Waals surface area (Å²) in [5.41, 5.74) is 6.00. The third kappa shape index (κ3) is 1.71. The summed E-state index contributed by atoms with van der Waals surface area (Å²) in [5, 5.41) is 6.01. The van der Waals surface area contributed by atoms with Crippen LogP contribution in [0.5, 0.6) is 0 Å². The molecule has 1 aromatic heterocycles. The maximum Gasteiger partial charge on any atom is 0.236 e. The van der Waals surface area contributed by atoms with Gasteiger partial charge in [-0.05, 0) is 6.07 Å². The Labute approximate surface area is 109 Å². The van der Waals surface area contributed by atoms with Gasteiger partial charge in [0.2, 0.25) is 5.91 Å². The number of carbonyl (C=O) groups excluding carboxylic acids is 1. The summed E-state index contributed by atoms with van der Waals surface area (Å²) in [5.74, 6) is -0.0418. The SMILES string of the molecule is NCC1(C(=O)Nc2csc3ccccc23)COC1. The number of carbonyl (C=O) groups is 1. The highest BCUT2D eigenvalue weighted by atomic mass is 32.1. The van der Waals surface area contributed by atoms with E-state index in [2.05, 4.69) is 5.32 Å². The number of ether oxygens (including phenoxy) is 1. The maximum atomic E-state index is 12.2. The van der Waals surface area contributed by atoms with E-state index in [9.17, 15) is 4.79 Å². The van der Waals surface area contributed by atoms with Crippen LogP contribution in [0.4, 0.5) is 5.69 Å². The van der Waals surface area contributed by atoms with Crippen LogP contribution in [0.2, 0.25) is 0 Å². The molecule has 0 saturated carbocycles. The van der Waals surface area contributed by atoms with Crippen molar-refractivity contribution in [3.05, 3.63) is 29.6 Å². The largest absolute Gasteiger partial charge is 0.379 e. The molecule has 3 N–H and O–H groups in total. The molecule has 18 heavy (non-hydrogen) atoms. The first-order valence-corrected chi connectivity index (χ1v) is 6.69. The highest BCUT2D eigenvalue weighted by Crippen LogP contribution is 2.33. The Morgan fingerprint density at radius 2 is 2.22 bits per heavy atom. The van der Waals surface area contributed by atoms with Crippen molar-refractivity contribution in [3.8, 4) is 0 Å². The molecule has 1 aliphatic heterocycles. The molecule has 0 atom stereocenters. The van der Waals surface area contributed by atoms with Crippen LogP contribution in [0.3, 0.4) is 0 Å². The first-order valence-electron chi connectivity index (χ1n) is 5.81. The van der Waals surface area contributed by atoms with Gasteiger partial charge in [-0.3, -0.25) is 4.79 Å². The summed E-state index contributed by atoms with van der Waals surface area (Å²) < 4.78 is 6.28. The fourth-order valence-corrected chi connectivity index (χ4v) is 2.91. The van der Waals surface area contributed by atoms with E-state index in [4.69, 9.17) is 10.5 Å². The van der Waals surface area contributed by atoms with E-state index in [1.54, 1.807) is 11.3 Å². The second-order valence-electron chi connectivity index (χ2n) is 4.58. The molecule has 1 fully saturated rings. The highest BCUT2D eigenvalue weighted by Gasteiger charge is 2.44. The monoisotopic (exact) mass is 262 g/mol. The van der Waals surface area contributed by atoms with Gasteiger partial charge in [0.1, 0.15) is 5.41 Å². The van der Waals surface area contributed by atoms with Gasteiger partial charge in [-0.2, -0.15) is 0 Å². The van der Waals surface area contributed by atoms with Crippen LogP contribution in [0.1, 0.15) is 0 Å². The second-order valence-corrected chi connectivity index (χ2v) is 5.49. The van der Waals surface area contributed by atoms with Crippen molar-refractivity contribution in [2.24, 2.45) is 11.1 Å². The van der Waals surface area contributed by atoms with Crippen molar-refractivity contribution in [3.63, 3.8) is 0 Å². The summed E-state index contributed by atoms with van der Waals surface area (Å²) >= 11 is 1.62. The predicted octanol–water partition coefficient (Wildman–Crippen LogP) is 1.82. The molecule has 1 aliphatic rings. The minimum absolute atomic E-state index is 0.0418. The van der Waals surface area contributed by atoms with Crippen molar-refractivity contribution in [2.75, 3.05) is 25.1 Å². The molecule has 0 bridgehead atoms. The van der Waals surface area contributed by atoms with Gasteiger partial charge in [0, 0.05) is 22.0 Å². The predicted molar refractivity (Wildman–Crippen MR) is 72.8 cm³/mol. The van der Waals surface area contributed by atoms with Crippen LogP contribution >= 0.6 is 11.3 Å². The van der Waals surface area contributed by atoms with E-state index in [0.717, 1.165) is 11.1 Å². The van der Waals surface area contributed by atoms with Crippen LogP contribution < -0.4 is 11.1 Å². The molecule has 0 radical (unpaired) electrons. The molecule has 1 amide bonds. The molecular weight excluding hydrogens is 248 g/mol. The lowest BCUT2D eigenvalue weighted by Crippen LogP contribution is -2.56. The van der Waals surface area contributed by atoms with Crippen LogP contribution in [0.15, 0.2) is 29.6 Å². The van der Waals surface area contributed by atoms with Gasteiger partial charge in [-0.15, -0.1) is 11.3 Å². The number of hydrogen-bond donors (Lipinski definition) is 2. The number of thiophene rings is 1. The van der Waals surface area contributed by atoms with Crippen molar-refractivity contribution in [1.29, 1.82) is 0 Å². The molecule has 4 nitrogen and oxygen atoms in total. The molecule has 1 saturated heterocycles. The number of anilines is 1. The molecule has 1 aromatic carbocycles. The third-order valence-electron chi connectivity index (χ3n) is 3.36. The number of hydrogen-bond acceptors (Lipinski definition) is 4. The Kier molecular flexibility index (Phi) is 2.81. The summed E-state index contributed by atoms with van der Waals surface area (Å²) in [6, 6.07) is 8.01. The van der Waals surface area contributed by atoms with Crippen molar-refractivity contribution >= 4 is 33.0 Å². The maximum absolute atomic E-state index is 12.2. The lowest BCUT2D eigenvalue weighted by atomic mass is 9.85. The van der Waals surface area contributed by atoms with E-state index < -0.39 is 5.41 Å². The molecule has 0 aliphatic carbocycles. The van der Waals surface area contributed by atoms with Crippen LogP contribution in [0, 0.1) is 5.41 Å². The molecule has 0 spiro atoms. The smallest absolute Gasteiger partial charge is 0.236 e. The molecule has 2 aromatic rings. The zero-order valence-electron chi connectivity index (χ0n) is 9.81. The van der Waals surface area contributed by atoms with E-state index in [1.165, 1.54) is 4.70 Å². The fourth-order valence-electron chi connectivity index (χ4n) is 2.02. The summed E-state index contributed by atoms with van der Waals surface area (Å²) in [6.07, 6.45) is 0. The molecule has 5 heteroatoms. The zero-order valence-corrected chi connectivity index (χ0v) is 10.6. The Morgan fingerprint density at radius 1 is 1.44 bits per heavy atom. The first kappa shape index (κ1) is 11.6. The lowest BCUT2D eigenvalue weighted by Gasteiger charge is -2.38. The van der Waals surface area contributed by atoms with Gasteiger partial charge in [0.05, 0.1) is 18.9 Å². The second kappa shape index (κ2) is 4.35. The Balaban J connectivity index is 1.86. The van der Waals surface area contributed by atoms with E-state index in [-0.39, 0.29) is 5.91 Å². The molecule has 0 unspecified atom stereocenters. The van der Waals surface area contributed by atoms with Crippen molar-refractivity contribution in [1.82, 2.24) is 0 Å². The van der Waals surface area contributed by atoms with Crippen LogP contribution in [-0.2, 0) is 9.53 Å². The van der Waals surface area contributed by atoms with Gasteiger partial charge >= 0.3 is 0 Å². The number of benzene rings is 1. The van der Waals surface area contributed by atoms with Gasteiger partial charge in [0.15, 0.2) is 0 Å². The minimum Gasteiger partial charge on any atom is -0.379 e. The van der Waals surface area contributed by atoms with Gasteiger partial charge < -0.3 is 15.8 Å². The number of nitrogens with one attached hydrogen (secondary N) is 1. The number of rotatable bonds is 3. The Bertz CT molecular complexity index is 584. The average molecular weight is 262 g/mol. The molecule has 2 heterocycles. The molecule has 94 valence electrons. The highest BCUT2D eigenvalue weighted by molar-refractivity contribution is 7.17. The number of nitrogens with two attached hydrogens (primary N) is 1. The quantitative estimate of drug-likeness (QED) is 0.886. The van der Waals surface area contributed by atoms with E-state index in [0.29, 0.717) is 19.8 Å². The standard InChI is InChI=1S/C13H14N2O2S/c14-6-13(7-17-8-13)12(16)15-10-5-18-11-4-2-1-3-9(10)11/h1-5H,6-8,14H2,(H,15,16). The van der Waals surface area contributed by atoms with Crippen LogP contribution in [0.25, 0.3) is 10.1 Å². The first-order chi connectivity index (χ1) is 8.75. The lowest BCUT2D eigenvalue weighted by molar-refractivity contribution is -0.153. The van der Waals surface area contributed by atoms with E-state index in [1.807, 2.05) is 29.6 Å². The topological polar surface area (TPSA) is 64.4 Å². The summed E-state index contributed by atoms with van der Waals surface area (Å²) in [4.78, 5) is 12.2. The molecule has 3 rings (SSSR count). The molecular formula is C13H14N2O2S. The third-order valence-corrected chi connectivity index (χ3v) is 4.32. The van der Waals surface area contributed by atoms with Gasteiger partial charge in [-0.1, -0.05) is 18.2 Å². The van der Waals surface area contributed by atoms with Crippen molar-refractivity contribution < 1.29 is 9.53 Å². The van der Waals surface area contributed by atoms with Crippen LogP contribution in [-0.4, -0.2) is 25.7 Å². The average Bonchev–Trinajstić information content (AvgIpc) is 2.72.